The number of unbranched alkanes of at least 4 members (excludes halogenated alkanes) is 13. The van der Waals surface area contributed by atoms with Gasteiger partial charge in [-0.3, -0.25) is 0 Å². The van der Waals surface area contributed by atoms with E-state index in [9.17, 15) is 10.2 Å². The third-order valence-electron chi connectivity index (χ3n) is 5.07. The highest BCUT2D eigenvalue weighted by molar-refractivity contribution is 5.28. The summed E-state index contributed by atoms with van der Waals surface area (Å²) in [6, 6.07) is 1.43. The Morgan fingerprint density at radius 2 is 1.15 bits per heavy atom. The van der Waals surface area contributed by atoms with Crippen LogP contribution < -0.4 is 17.0 Å². The number of halogens is 1. The first-order chi connectivity index (χ1) is 12.1. The first-order valence-electron chi connectivity index (χ1n) is 10.6. The summed E-state index contributed by atoms with van der Waals surface area (Å²) in [7, 11) is 0. The number of rotatable bonds is 15. The molecule has 152 valence electrons. The van der Waals surface area contributed by atoms with Crippen LogP contribution in [-0.2, 0) is 6.54 Å². The van der Waals surface area contributed by atoms with Crippen LogP contribution in [0.3, 0.4) is 0 Å². The van der Waals surface area contributed by atoms with E-state index in [0.717, 1.165) is 18.5 Å². The molecule has 0 aliphatic carbocycles. The molecule has 1 rings (SSSR count). The Morgan fingerprint density at radius 3 is 1.62 bits per heavy atom. The molecule has 0 radical (unpaired) electrons. The van der Waals surface area contributed by atoms with E-state index >= 15 is 0 Å². The zero-order valence-corrected chi connectivity index (χ0v) is 17.7. The van der Waals surface area contributed by atoms with Crippen molar-refractivity contribution in [3.05, 3.63) is 17.8 Å². The minimum absolute atomic E-state index is 0. The molecular formula is C22H40ClNO2. The fourth-order valence-electron chi connectivity index (χ4n) is 3.34. The monoisotopic (exact) mass is 385 g/mol. The minimum Gasteiger partial charge on any atom is -1.00 e. The lowest BCUT2D eigenvalue weighted by Crippen LogP contribution is -3.00. The van der Waals surface area contributed by atoms with E-state index in [1.807, 2.05) is 17.7 Å². The molecule has 0 saturated heterocycles. The maximum Gasteiger partial charge on any atom is 0.369 e. The maximum atomic E-state index is 9.82. The van der Waals surface area contributed by atoms with Gasteiger partial charge in [-0.15, -0.1) is 0 Å². The van der Waals surface area contributed by atoms with Gasteiger partial charge in [-0.2, -0.15) is 4.57 Å². The first-order valence-corrected chi connectivity index (χ1v) is 10.6. The average molecular weight is 386 g/mol. The van der Waals surface area contributed by atoms with E-state index in [-0.39, 0.29) is 24.0 Å². The molecule has 1 heterocycles. The number of pyridine rings is 1. The lowest BCUT2D eigenvalue weighted by atomic mass is 10.0. The Kier molecular flexibility index (Phi) is 15.6. The van der Waals surface area contributed by atoms with Crippen molar-refractivity contribution >= 4 is 0 Å². The number of hydrogen-bond donors (Lipinski definition) is 2. The van der Waals surface area contributed by atoms with Crippen molar-refractivity contribution in [2.45, 2.75) is 110 Å². The number of aromatic hydroxyl groups is 2. The van der Waals surface area contributed by atoms with E-state index in [4.69, 9.17) is 0 Å². The zero-order chi connectivity index (χ0) is 18.3. The predicted molar refractivity (Wildman–Crippen MR) is 105 cm³/mol. The minimum atomic E-state index is 0. The second-order valence-electron chi connectivity index (χ2n) is 7.49. The Morgan fingerprint density at radius 1 is 0.731 bits per heavy atom. The average Bonchev–Trinajstić information content (AvgIpc) is 2.59. The summed E-state index contributed by atoms with van der Waals surface area (Å²) in [5.74, 6) is 0.313. The van der Waals surface area contributed by atoms with Crippen molar-refractivity contribution in [2.24, 2.45) is 0 Å². The summed E-state index contributed by atoms with van der Waals surface area (Å²) in [4.78, 5) is 0. The van der Waals surface area contributed by atoms with Crippen molar-refractivity contribution in [3.8, 4) is 11.6 Å². The zero-order valence-electron chi connectivity index (χ0n) is 17.0. The molecule has 0 spiro atoms. The third-order valence-corrected chi connectivity index (χ3v) is 5.07. The van der Waals surface area contributed by atoms with Crippen molar-refractivity contribution in [1.82, 2.24) is 0 Å². The molecule has 4 heteroatoms. The predicted octanol–water partition coefficient (Wildman–Crippen LogP) is 3.18. The highest BCUT2D eigenvalue weighted by Gasteiger charge is 2.12. The Labute approximate surface area is 167 Å². The molecule has 3 nitrogen and oxygen atoms in total. The van der Waals surface area contributed by atoms with E-state index in [1.165, 1.54) is 89.5 Å². The summed E-state index contributed by atoms with van der Waals surface area (Å²) in [6.07, 6.45) is 20.8. The second kappa shape index (κ2) is 16.2. The van der Waals surface area contributed by atoms with Gasteiger partial charge in [0.2, 0.25) is 0 Å². The number of hydrogen-bond acceptors (Lipinski definition) is 2. The van der Waals surface area contributed by atoms with Crippen LogP contribution in [-0.4, -0.2) is 10.2 Å². The van der Waals surface area contributed by atoms with Crippen LogP contribution in [0.4, 0.5) is 0 Å². The molecule has 0 saturated carbocycles. The number of aromatic nitrogens is 1. The summed E-state index contributed by atoms with van der Waals surface area (Å²) in [6.45, 7) is 4.96. The summed E-state index contributed by atoms with van der Waals surface area (Å²) in [5.41, 5.74) is 0.808. The highest BCUT2D eigenvalue weighted by atomic mass is 35.5. The first kappa shape index (κ1) is 25.0. The van der Waals surface area contributed by atoms with Crippen LogP contribution in [0.2, 0.25) is 0 Å². The molecule has 0 aromatic carbocycles. The Hall–Kier alpha value is -0.960. The molecular weight excluding hydrogens is 346 g/mol. The lowest BCUT2D eigenvalue weighted by molar-refractivity contribution is -0.703. The third kappa shape index (κ3) is 11.6. The van der Waals surface area contributed by atoms with Gasteiger partial charge in [0.25, 0.3) is 0 Å². The van der Waals surface area contributed by atoms with Gasteiger partial charge in [0.15, 0.2) is 12.7 Å². The SMILES string of the molecule is CCCCCCCCCCCCCCCC[n+]1cc(C)c(O)cc1O.[Cl-]. The maximum absolute atomic E-state index is 9.82. The second-order valence-corrected chi connectivity index (χ2v) is 7.49. The fourth-order valence-corrected chi connectivity index (χ4v) is 3.34. The lowest BCUT2D eigenvalue weighted by Gasteiger charge is -2.04. The van der Waals surface area contributed by atoms with E-state index in [0.29, 0.717) is 0 Å². The van der Waals surface area contributed by atoms with Crippen LogP contribution in [0.1, 0.15) is 102 Å². The fraction of sp³-hybridized carbons (Fsp3) is 0.773. The molecule has 0 atom stereocenters. The van der Waals surface area contributed by atoms with Gasteiger partial charge in [0.05, 0.1) is 11.6 Å². The summed E-state index contributed by atoms with van der Waals surface area (Å²) >= 11 is 0. The van der Waals surface area contributed by atoms with Gasteiger partial charge >= 0.3 is 5.88 Å². The largest absolute Gasteiger partial charge is 1.00 e. The van der Waals surface area contributed by atoms with Crippen LogP contribution in [0.5, 0.6) is 11.6 Å². The summed E-state index contributed by atoms with van der Waals surface area (Å²) < 4.78 is 1.83. The molecule has 1 aromatic heterocycles. The van der Waals surface area contributed by atoms with Crippen LogP contribution in [0, 0.1) is 6.92 Å². The summed E-state index contributed by atoms with van der Waals surface area (Å²) in [5, 5.41) is 19.4. The quantitative estimate of drug-likeness (QED) is 0.359. The highest BCUT2D eigenvalue weighted by Crippen LogP contribution is 2.18. The van der Waals surface area contributed by atoms with Crippen molar-refractivity contribution < 1.29 is 27.2 Å². The molecule has 0 amide bonds. The molecule has 0 bridgehead atoms. The normalized spacial score (nSPS) is 10.7. The Balaban J connectivity index is 0.00000625. The van der Waals surface area contributed by atoms with Crippen LogP contribution >= 0.6 is 0 Å². The van der Waals surface area contributed by atoms with Crippen molar-refractivity contribution in [3.63, 3.8) is 0 Å². The van der Waals surface area contributed by atoms with Crippen molar-refractivity contribution in [1.29, 1.82) is 0 Å². The smallest absolute Gasteiger partial charge is 0.369 e. The van der Waals surface area contributed by atoms with Crippen molar-refractivity contribution in [2.75, 3.05) is 0 Å². The van der Waals surface area contributed by atoms with Gasteiger partial charge in [0, 0.05) is 6.42 Å². The van der Waals surface area contributed by atoms with Crippen LogP contribution in [0.25, 0.3) is 0 Å². The molecule has 0 unspecified atom stereocenters. The number of nitrogens with zero attached hydrogens (tertiary/aromatic N) is 1. The Bertz CT molecular complexity index is 466. The molecule has 0 aliphatic heterocycles. The van der Waals surface area contributed by atoms with Crippen LogP contribution in [0.15, 0.2) is 12.3 Å². The van der Waals surface area contributed by atoms with Gasteiger partial charge in [-0.25, -0.2) is 0 Å². The molecule has 1 aromatic rings. The van der Waals surface area contributed by atoms with Gasteiger partial charge < -0.3 is 22.6 Å². The molecule has 26 heavy (non-hydrogen) atoms. The molecule has 0 fully saturated rings. The topological polar surface area (TPSA) is 44.3 Å². The van der Waals surface area contributed by atoms with E-state index in [1.54, 1.807) is 0 Å². The van der Waals surface area contributed by atoms with E-state index in [2.05, 4.69) is 6.92 Å². The molecule has 0 aliphatic rings. The van der Waals surface area contributed by atoms with Gasteiger partial charge in [-0.1, -0.05) is 84.0 Å². The van der Waals surface area contributed by atoms with Gasteiger partial charge in [-0.05, 0) is 13.3 Å². The molecule has 2 N–H and O–H groups in total. The number of aryl methyl sites for hydroxylation is 2. The van der Waals surface area contributed by atoms with E-state index < -0.39 is 0 Å². The standard InChI is InChI=1S/C22H39NO2.ClH/c1-3-4-5-6-7-8-9-10-11-12-13-14-15-16-17-23-19-20(2)21(24)18-22(23)25;/h18-19H,3-17H2,1-2H3,(H,24,25);1H. The van der Waals surface area contributed by atoms with Gasteiger partial charge in [0.1, 0.15) is 5.75 Å².